The smallest absolute Gasteiger partial charge is 0.125 e. The average Bonchev–Trinajstić information content (AvgIpc) is 2.38. The molecule has 2 N–H and O–H groups in total. The van der Waals surface area contributed by atoms with E-state index in [1.807, 2.05) is 6.07 Å². The Morgan fingerprint density at radius 1 is 1.26 bits per heavy atom. The third-order valence-electron chi connectivity index (χ3n) is 3.78. The zero-order valence-electron chi connectivity index (χ0n) is 11.9. The molecule has 1 aromatic rings. The summed E-state index contributed by atoms with van der Waals surface area (Å²) in [5, 5.41) is 0. The number of anilines is 1. The van der Waals surface area contributed by atoms with E-state index in [-0.39, 0.29) is 5.82 Å². The van der Waals surface area contributed by atoms with Crippen LogP contribution in [-0.4, -0.2) is 38.6 Å². The van der Waals surface area contributed by atoms with E-state index in [9.17, 15) is 4.39 Å². The van der Waals surface area contributed by atoms with Crippen LogP contribution in [0.5, 0.6) is 0 Å². The van der Waals surface area contributed by atoms with Gasteiger partial charge in [0, 0.05) is 31.9 Å². The van der Waals surface area contributed by atoms with Gasteiger partial charge in [0.25, 0.3) is 0 Å². The first-order valence-corrected chi connectivity index (χ1v) is 6.97. The molecule has 1 heterocycles. The highest BCUT2D eigenvalue weighted by Crippen LogP contribution is 2.25. The van der Waals surface area contributed by atoms with Crippen LogP contribution in [0.4, 0.5) is 10.1 Å². The average molecular weight is 265 g/mol. The molecule has 3 nitrogen and oxygen atoms in total. The summed E-state index contributed by atoms with van der Waals surface area (Å²) in [6, 6.07) is 5.14. The molecule has 0 aliphatic carbocycles. The van der Waals surface area contributed by atoms with Crippen LogP contribution in [0.1, 0.15) is 18.4 Å². The lowest BCUT2D eigenvalue weighted by Crippen LogP contribution is -2.37. The maximum absolute atomic E-state index is 13.5. The molecule has 4 heteroatoms. The molecule has 1 fully saturated rings. The topological polar surface area (TPSA) is 32.5 Å². The number of piperidine rings is 1. The largest absolute Gasteiger partial charge is 0.371 e. The highest BCUT2D eigenvalue weighted by Gasteiger charge is 2.20. The van der Waals surface area contributed by atoms with Crippen LogP contribution in [-0.2, 0) is 6.54 Å². The number of benzene rings is 1. The molecular weight excluding hydrogens is 241 g/mol. The maximum Gasteiger partial charge on any atom is 0.125 e. The molecule has 0 spiro atoms. The Morgan fingerprint density at radius 2 is 1.95 bits per heavy atom. The lowest BCUT2D eigenvalue weighted by molar-refractivity contribution is 0.285. The zero-order valence-corrected chi connectivity index (χ0v) is 11.9. The van der Waals surface area contributed by atoms with Gasteiger partial charge in [-0.2, -0.15) is 0 Å². The number of halogens is 1. The third kappa shape index (κ3) is 3.91. The van der Waals surface area contributed by atoms with Crippen LogP contribution in [0.3, 0.4) is 0 Å². The molecule has 0 unspecified atom stereocenters. The minimum atomic E-state index is -0.187. The van der Waals surface area contributed by atoms with Gasteiger partial charge < -0.3 is 15.5 Å². The molecule has 0 bridgehead atoms. The first-order valence-electron chi connectivity index (χ1n) is 6.97. The van der Waals surface area contributed by atoms with Crippen molar-refractivity contribution in [1.82, 2.24) is 4.90 Å². The number of nitrogens with two attached hydrogens (primary N) is 1. The van der Waals surface area contributed by atoms with Crippen LogP contribution < -0.4 is 10.6 Å². The molecule has 0 atom stereocenters. The van der Waals surface area contributed by atoms with Gasteiger partial charge >= 0.3 is 0 Å². The monoisotopic (exact) mass is 265 g/mol. The van der Waals surface area contributed by atoms with Crippen molar-refractivity contribution in [3.8, 4) is 0 Å². The first kappa shape index (κ1) is 14.3. The van der Waals surface area contributed by atoms with Crippen molar-refractivity contribution < 1.29 is 4.39 Å². The minimum absolute atomic E-state index is 0.187. The highest BCUT2D eigenvalue weighted by molar-refractivity contribution is 5.49. The summed E-state index contributed by atoms with van der Waals surface area (Å²) in [7, 11) is 4.24. The maximum atomic E-state index is 13.5. The molecule has 0 amide bonds. The second-order valence-electron chi connectivity index (χ2n) is 5.71. The molecule has 0 saturated carbocycles. The van der Waals surface area contributed by atoms with Crippen molar-refractivity contribution in [2.24, 2.45) is 11.7 Å². The summed E-state index contributed by atoms with van der Waals surface area (Å²) in [6.07, 6.45) is 2.35. The van der Waals surface area contributed by atoms with E-state index in [1.165, 1.54) is 18.9 Å². The second-order valence-corrected chi connectivity index (χ2v) is 5.71. The van der Waals surface area contributed by atoms with E-state index in [2.05, 4.69) is 23.9 Å². The van der Waals surface area contributed by atoms with E-state index in [4.69, 9.17) is 5.73 Å². The van der Waals surface area contributed by atoms with E-state index in [1.54, 1.807) is 6.07 Å². The SMILES string of the molecule is CN(C)CC1CCN(c2cc(F)cc(CN)c2)CC1. The van der Waals surface area contributed by atoms with Crippen molar-refractivity contribution in [3.05, 3.63) is 29.6 Å². The molecule has 106 valence electrons. The second kappa shape index (κ2) is 6.35. The molecule has 2 rings (SSSR count). The summed E-state index contributed by atoms with van der Waals surface area (Å²) < 4.78 is 13.5. The zero-order chi connectivity index (χ0) is 13.8. The van der Waals surface area contributed by atoms with Gasteiger partial charge in [0.15, 0.2) is 0 Å². The predicted octanol–water partition coefficient (Wildman–Crippen LogP) is 2.06. The highest BCUT2D eigenvalue weighted by atomic mass is 19.1. The Morgan fingerprint density at radius 3 is 2.53 bits per heavy atom. The number of rotatable bonds is 4. The standard InChI is InChI=1S/C15H24FN3/c1-18(2)11-12-3-5-19(6-4-12)15-8-13(10-17)7-14(16)9-15/h7-9,12H,3-6,10-11,17H2,1-2H3. The fourth-order valence-electron chi connectivity index (χ4n) is 2.82. The molecule has 0 aromatic heterocycles. The summed E-state index contributed by atoms with van der Waals surface area (Å²) in [4.78, 5) is 4.52. The van der Waals surface area contributed by atoms with Crippen molar-refractivity contribution in [2.75, 3.05) is 38.6 Å². The Bertz CT molecular complexity index is 412. The van der Waals surface area contributed by atoms with Gasteiger partial charge in [0.1, 0.15) is 5.82 Å². The quantitative estimate of drug-likeness (QED) is 0.904. The van der Waals surface area contributed by atoms with Crippen LogP contribution >= 0.6 is 0 Å². The van der Waals surface area contributed by atoms with Crippen LogP contribution in [0.2, 0.25) is 0 Å². The van der Waals surface area contributed by atoms with Gasteiger partial charge in [-0.05, 0) is 56.6 Å². The van der Waals surface area contributed by atoms with E-state index < -0.39 is 0 Å². The van der Waals surface area contributed by atoms with Crippen molar-refractivity contribution in [1.29, 1.82) is 0 Å². The molecule has 1 aliphatic rings. The number of hydrogen-bond donors (Lipinski definition) is 1. The minimum Gasteiger partial charge on any atom is -0.371 e. The molecule has 1 aliphatic heterocycles. The van der Waals surface area contributed by atoms with Gasteiger partial charge in [0.2, 0.25) is 0 Å². The van der Waals surface area contributed by atoms with E-state index in [0.717, 1.165) is 36.8 Å². The van der Waals surface area contributed by atoms with Crippen LogP contribution in [0.15, 0.2) is 18.2 Å². The van der Waals surface area contributed by atoms with E-state index in [0.29, 0.717) is 6.54 Å². The Kier molecular flexibility index (Phi) is 4.77. The summed E-state index contributed by atoms with van der Waals surface area (Å²) in [5.74, 6) is 0.571. The molecule has 1 aromatic carbocycles. The van der Waals surface area contributed by atoms with Crippen molar-refractivity contribution >= 4 is 5.69 Å². The lowest BCUT2D eigenvalue weighted by atomic mass is 9.96. The summed E-state index contributed by atoms with van der Waals surface area (Å²) in [5.41, 5.74) is 7.45. The third-order valence-corrected chi connectivity index (χ3v) is 3.78. The van der Waals surface area contributed by atoms with Gasteiger partial charge in [-0.3, -0.25) is 0 Å². The molecular formula is C15H24FN3. The van der Waals surface area contributed by atoms with Gasteiger partial charge in [-0.15, -0.1) is 0 Å². The summed E-state index contributed by atoms with van der Waals surface area (Å²) >= 11 is 0. The van der Waals surface area contributed by atoms with Crippen LogP contribution in [0.25, 0.3) is 0 Å². The van der Waals surface area contributed by atoms with Crippen LogP contribution in [0, 0.1) is 11.7 Å². The number of nitrogens with zero attached hydrogens (tertiary/aromatic N) is 2. The predicted molar refractivity (Wildman–Crippen MR) is 77.8 cm³/mol. The Labute approximate surface area is 115 Å². The Balaban J connectivity index is 1.99. The molecule has 1 saturated heterocycles. The van der Waals surface area contributed by atoms with Gasteiger partial charge in [-0.1, -0.05) is 0 Å². The fourth-order valence-corrected chi connectivity index (χ4v) is 2.82. The summed E-state index contributed by atoms with van der Waals surface area (Å²) in [6.45, 7) is 3.55. The van der Waals surface area contributed by atoms with Crippen molar-refractivity contribution in [3.63, 3.8) is 0 Å². The number of hydrogen-bond acceptors (Lipinski definition) is 3. The van der Waals surface area contributed by atoms with Gasteiger partial charge in [0.05, 0.1) is 0 Å². The molecule has 19 heavy (non-hydrogen) atoms. The molecule has 0 radical (unpaired) electrons. The lowest BCUT2D eigenvalue weighted by Gasteiger charge is -2.34. The van der Waals surface area contributed by atoms with Gasteiger partial charge in [-0.25, -0.2) is 4.39 Å². The van der Waals surface area contributed by atoms with Crippen molar-refractivity contribution in [2.45, 2.75) is 19.4 Å². The van der Waals surface area contributed by atoms with E-state index >= 15 is 0 Å². The first-order chi connectivity index (χ1) is 9.08. The fraction of sp³-hybridized carbons (Fsp3) is 0.600. The normalized spacial score (nSPS) is 17.2. The Hall–Kier alpha value is -1.13.